The van der Waals surface area contributed by atoms with Crippen molar-refractivity contribution in [2.45, 2.75) is 19.4 Å². The molecule has 0 spiro atoms. The number of methoxy groups -OCH3 is 1. The Hall–Kier alpha value is -1.43. The first-order chi connectivity index (χ1) is 9.72. The summed E-state index contributed by atoms with van der Waals surface area (Å²) in [6.45, 7) is 3.02. The van der Waals surface area contributed by atoms with Crippen molar-refractivity contribution in [2.75, 3.05) is 33.5 Å². The first-order valence-electron chi connectivity index (χ1n) is 6.66. The second-order valence-corrected chi connectivity index (χ2v) is 4.40. The minimum Gasteiger partial charge on any atom is -0.481 e. The van der Waals surface area contributed by atoms with E-state index in [0.717, 1.165) is 17.5 Å². The fraction of sp³-hybridized carbons (Fsp3) is 0.533. The van der Waals surface area contributed by atoms with Crippen molar-refractivity contribution in [1.29, 1.82) is 0 Å². The van der Waals surface area contributed by atoms with E-state index in [1.165, 1.54) is 0 Å². The minimum atomic E-state index is -0.820. The highest BCUT2D eigenvalue weighted by atomic mass is 16.5. The summed E-state index contributed by atoms with van der Waals surface area (Å²) in [5.74, 6) is -0.820. The predicted octanol–water partition coefficient (Wildman–Crippen LogP) is 1.88. The van der Waals surface area contributed by atoms with Gasteiger partial charge in [-0.15, -0.1) is 0 Å². The Bertz CT molecular complexity index is 374. The molecule has 5 nitrogen and oxygen atoms in total. The number of carboxylic acid groups (broad SMARTS) is 1. The summed E-state index contributed by atoms with van der Waals surface area (Å²) in [6.07, 6.45) is 0.942. The van der Waals surface area contributed by atoms with Gasteiger partial charge in [-0.2, -0.15) is 0 Å². The number of ether oxygens (including phenoxy) is 3. The molecule has 0 atom stereocenters. The molecule has 112 valence electrons. The summed E-state index contributed by atoms with van der Waals surface area (Å²) in [4.78, 5) is 10.5. The van der Waals surface area contributed by atoms with E-state index >= 15 is 0 Å². The predicted molar refractivity (Wildman–Crippen MR) is 74.7 cm³/mol. The molecule has 0 amide bonds. The number of hydrogen-bond acceptors (Lipinski definition) is 4. The fourth-order valence-corrected chi connectivity index (χ4v) is 1.64. The number of carboxylic acids is 1. The molecule has 0 saturated carbocycles. The van der Waals surface area contributed by atoms with E-state index in [1.807, 2.05) is 24.3 Å². The standard InChI is InChI=1S/C15H22O5/c1-18-7-2-8-19-9-10-20-12-14-5-3-13(4-6-14)11-15(16)17/h3-6H,2,7-12H2,1H3,(H,16,17). The Kier molecular flexibility index (Phi) is 8.62. The van der Waals surface area contributed by atoms with E-state index in [1.54, 1.807) is 7.11 Å². The Morgan fingerprint density at radius 2 is 1.65 bits per heavy atom. The largest absolute Gasteiger partial charge is 0.481 e. The molecule has 0 saturated heterocycles. The van der Waals surface area contributed by atoms with Crippen LogP contribution in [-0.2, 0) is 32.0 Å². The van der Waals surface area contributed by atoms with E-state index in [2.05, 4.69) is 0 Å². The molecule has 0 fully saturated rings. The maximum Gasteiger partial charge on any atom is 0.307 e. The maximum atomic E-state index is 10.5. The third-order valence-corrected chi connectivity index (χ3v) is 2.66. The molecule has 0 aliphatic carbocycles. The van der Waals surface area contributed by atoms with Gasteiger partial charge < -0.3 is 19.3 Å². The van der Waals surface area contributed by atoms with Crippen LogP contribution in [0, 0.1) is 0 Å². The third-order valence-electron chi connectivity index (χ3n) is 2.66. The zero-order chi connectivity index (χ0) is 14.6. The number of carbonyl (C=O) groups is 1. The first kappa shape index (κ1) is 16.6. The van der Waals surface area contributed by atoms with Crippen molar-refractivity contribution < 1.29 is 24.1 Å². The van der Waals surface area contributed by atoms with Gasteiger partial charge in [-0.3, -0.25) is 4.79 Å². The van der Waals surface area contributed by atoms with Crippen molar-refractivity contribution in [3.05, 3.63) is 35.4 Å². The van der Waals surface area contributed by atoms with Gasteiger partial charge in [0, 0.05) is 20.3 Å². The van der Waals surface area contributed by atoms with Gasteiger partial charge in [0.25, 0.3) is 0 Å². The van der Waals surface area contributed by atoms with E-state index in [0.29, 0.717) is 33.0 Å². The molecular weight excluding hydrogens is 260 g/mol. The van der Waals surface area contributed by atoms with Crippen molar-refractivity contribution in [1.82, 2.24) is 0 Å². The third kappa shape index (κ3) is 7.89. The lowest BCUT2D eigenvalue weighted by atomic mass is 10.1. The zero-order valence-corrected chi connectivity index (χ0v) is 11.8. The van der Waals surface area contributed by atoms with Crippen molar-refractivity contribution in [3.8, 4) is 0 Å². The summed E-state index contributed by atoms with van der Waals surface area (Å²) in [7, 11) is 1.67. The Morgan fingerprint density at radius 3 is 2.30 bits per heavy atom. The molecular formula is C15H22O5. The maximum absolute atomic E-state index is 10.5. The van der Waals surface area contributed by atoms with Gasteiger partial charge in [-0.05, 0) is 17.5 Å². The van der Waals surface area contributed by atoms with Gasteiger partial charge in [0.05, 0.1) is 26.2 Å². The first-order valence-corrected chi connectivity index (χ1v) is 6.66. The van der Waals surface area contributed by atoms with Crippen LogP contribution in [0.15, 0.2) is 24.3 Å². The van der Waals surface area contributed by atoms with Crippen molar-refractivity contribution in [2.24, 2.45) is 0 Å². The second-order valence-electron chi connectivity index (χ2n) is 4.40. The molecule has 0 aliphatic rings. The Labute approximate surface area is 119 Å². The smallest absolute Gasteiger partial charge is 0.307 e. The van der Waals surface area contributed by atoms with Crippen LogP contribution >= 0.6 is 0 Å². The van der Waals surface area contributed by atoms with Crippen LogP contribution in [0.5, 0.6) is 0 Å². The normalized spacial score (nSPS) is 10.7. The van der Waals surface area contributed by atoms with E-state index in [-0.39, 0.29) is 6.42 Å². The average molecular weight is 282 g/mol. The zero-order valence-electron chi connectivity index (χ0n) is 11.8. The van der Waals surface area contributed by atoms with Gasteiger partial charge in [-0.25, -0.2) is 0 Å². The fourth-order valence-electron chi connectivity index (χ4n) is 1.64. The van der Waals surface area contributed by atoms with Crippen LogP contribution in [-0.4, -0.2) is 44.6 Å². The molecule has 1 aromatic rings. The van der Waals surface area contributed by atoms with E-state index in [9.17, 15) is 4.79 Å². The summed E-state index contributed by atoms with van der Waals surface area (Å²) in [5, 5.41) is 8.67. The SMILES string of the molecule is COCCCOCCOCc1ccc(CC(=O)O)cc1. The molecule has 0 radical (unpaired) electrons. The minimum absolute atomic E-state index is 0.0520. The number of rotatable bonds is 11. The van der Waals surface area contributed by atoms with Crippen LogP contribution in [0.25, 0.3) is 0 Å². The van der Waals surface area contributed by atoms with E-state index < -0.39 is 5.97 Å². The van der Waals surface area contributed by atoms with Crippen LogP contribution in [0.3, 0.4) is 0 Å². The topological polar surface area (TPSA) is 65.0 Å². The van der Waals surface area contributed by atoms with Crippen molar-refractivity contribution >= 4 is 5.97 Å². The second kappa shape index (κ2) is 10.4. The van der Waals surface area contributed by atoms with E-state index in [4.69, 9.17) is 19.3 Å². The molecule has 20 heavy (non-hydrogen) atoms. The number of hydrogen-bond donors (Lipinski definition) is 1. The summed E-state index contributed by atoms with van der Waals surface area (Å²) < 4.78 is 15.8. The van der Waals surface area contributed by atoms with Crippen LogP contribution in [0.2, 0.25) is 0 Å². The van der Waals surface area contributed by atoms with Gasteiger partial charge in [0.2, 0.25) is 0 Å². The number of benzene rings is 1. The van der Waals surface area contributed by atoms with Crippen LogP contribution in [0.1, 0.15) is 17.5 Å². The van der Waals surface area contributed by atoms with Gasteiger partial charge >= 0.3 is 5.97 Å². The van der Waals surface area contributed by atoms with Crippen molar-refractivity contribution in [3.63, 3.8) is 0 Å². The summed E-state index contributed by atoms with van der Waals surface area (Å²) >= 11 is 0. The lowest BCUT2D eigenvalue weighted by molar-refractivity contribution is -0.136. The molecule has 0 bridgehead atoms. The molecule has 1 aromatic carbocycles. The average Bonchev–Trinajstić information content (AvgIpc) is 2.43. The quantitative estimate of drug-likeness (QED) is 0.628. The van der Waals surface area contributed by atoms with Gasteiger partial charge in [0.1, 0.15) is 0 Å². The molecule has 0 aliphatic heterocycles. The highest BCUT2D eigenvalue weighted by molar-refractivity contribution is 5.70. The highest BCUT2D eigenvalue weighted by Gasteiger charge is 2.00. The Morgan fingerprint density at radius 1 is 1.00 bits per heavy atom. The molecule has 1 rings (SSSR count). The molecule has 0 aromatic heterocycles. The molecule has 1 N–H and O–H groups in total. The Balaban J connectivity index is 2.08. The van der Waals surface area contributed by atoms with Crippen LogP contribution in [0.4, 0.5) is 0 Å². The summed E-state index contributed by atoms with van der Waals surface area (Å²) in [5.41, 5.74) is 1.82. The van der Waals surface area contributed by atoms with Gasteiger partial charge in [0.15, 0.2) is 0 Å². The number of aliphatic carboxylic acids is 1. The molecule has 0 unspecified atom stereocenters. The lowest BCUT2D eigenvalue weighted by Crippen LogP contribution is -2.06. The molecule has 5 heteroatoms. The highest BCUT2D eigenvalue weighted by Crippen LogP contribution is 2.06. The molecule has 0 heterocycles. The van der Waals surface area contributed by atoms with Gasteiger partial charge in [-0.1, -0.05) is 24.3 Å². The van der Waals surface area contributed by atoms with Crippen LogP contribution < -0.4 is 0 Å². The lowest BCUT2D eigenvalue weighted by Gasteiger charge is -2.06. The summed E-state index contributed by atoms with van der Waals surface area (Å²) in [6, 6.07) is 7.40. The monoisotopic (exact) mass is 282 g/mol.